The number of carboxylic acids is 1. The first-order valence-corrected chi connectivity index (χ1v) is 8.47. The summed E-state index contributed by atoms with van der Waals surface area (Å²) in [5, 5.41) is 13.2. The third kappa shape index (κ3) is 4.21. The molecule has 142 valence electrons. The van der Waals surface area contributed by atoms with Crippen molar-refractivity contribution >= 4 is 29.7 Å². The van der Waals surface area contributed by atoms with E-state index in [0.29, 0.717) is 28.4 Å². The van der Waals surface area contributed by atoms with Crippen LogP contribution in [0.4, 0.5) is 0 Å². The molecule has 0 radical (unpaired) electrons. The number of para-hydroxylation sites is 1. The van der Waals surface area contributed by atoms with Crippen molar-refractivity contribution in [2.75, 3.05) is 7.11 Å². The Morgan fingerprint density at radius 1 is 1.14 bits per heavy atom. The molecule has 3 aromatic rings. The fraction of sp³-hybridized carbons (Fsp3) is 0.0500. The molecule has 0 fully saturated rings. The molecule has 0 aliphatic carbocycles. The number of amides is 1. The van der Waals surface area contributed by atoms with E-state index in [9.17, 15) is 9.59 Å². The quantitative estimate of drug-likeness (QED) is 0.481. The topological polar surface area (TPSA) is 101 Å². The second kappa shape index (κ2) is 8.41. The van der Waals surface area contributed by atoms with E-state index in [1.54, 1.807) is 42.5 Å². The summed E-state index contributed by atoms with van der Waals surface area (Å²) < 4.78 is 10.8. The van der Waals surface area contributed by atoms with E-state index >= 15 is 0 Å². The third-order valence-corrected chi connectivity index (χ3v) is 4.15. The van der Waals surface area contributed by atoms with Crippen LogP contribution in [0.3, 0.4) is 0 Å². The first kappa shape index (κ1) is 19.2. The van der Waals surface area contributed by atoms with Gasteiger partial charge in [0, 0.05) is 5.56 Å². The maximum atomic E-state index is 12.2. The fourth-order valence-corrected chi connectivity index (χ4v) is 2.67. The number of rotatable bonds is 6. The molecule has 0 aliphatic heterocycles. The van der Waals surface area contributed by atoms with Crippen LogP contribution in [0.25, 0.3) is 11.3 Å². The van der Waals surface area contributed by atoms with Crippen molar-refractivity contribution in [3.05, 3.63) is 76.5 Å². The van der Waals surface area contributed by atoms with Gasteiger partial charge in [-0.2, -0.15) is 5.10 Å². The lowest BCUT2D eigenvalue weighted by molar-refractivity contribution is 0.0697. The number of carboxylic acid groups (broad SMARTS) is 1. The van der Waals surface area contributed by atoms with Crippen molar-refractivity contribution in [2.24, 2.45) is 5.10 Å². The van der Waals surface area contributed by atoms with E-state index in [2.05, 4.69) is 10.5 Å². The van der Waals surface area contributed by atoms with E-state index in [4.69, 9.17) is 25.9 Å². The molecule has 7 nitrogen and oxygen atoms in total. The predicted molar refractivity (Wildman–Crippen MR) is 104 cm³/mol. The Morgan fingerprint density at radius 2 is 1.93 bits per heavy atom. The van der Waals surface area contributed by atoms with Crippen LogP contribution in [0.1, 0.15) is 26.5 Å². The van der Waals surface area contributed by atoms with Crippen LogP contribution in [-0.4, -0.2) is 30.3 Å². The SMILES string of the molecule is COc1ccccc1C(=O)N/N=C/c1ccc(-c2ccc(Cl)c(C(=O)O)c2)o1. The van der Waals surface area contributed by atoms with Crippen molar-refractivity contribution in [1.29, 1.82) is 0 Å². The second-order valence-corrected chi connectivity index (χ2v) is 6.01. The van der Waals surface area contributed by atoms with Crippen molar-refractivity contribution in [1.82, 2.24) is 5.43 Å². The van der Waals surface area contributed by atoms with Crippen molar-refractivity contribution in [2.45, 2.75) is 0 Å². The van der Waals surface area contributed by atoms with Gasteiger partial charge in [0.2, 0.25) is 0 Å². The minimum absolute atomic E-state index is 0.0187. The first-order valence-electron chi connectivity index (χ1n) is 8.09. The number of methoxy groups -OCH3 is 1. The van der Waals surface area contributed by atoms with Crippen molar-refractivity contribution in [3.63, 3.8) is 0 Å². The molecule has 1 aromatic heterocycles. The van der Waals surface area contributed by atoms with E-state index < -0.39 is 11.9 Å². The molecular formula is C20H15ClN2O5. The van der Waals surface area contributed by atoms with Gasteiger partial charge in [0.25, 0.3) is 5.91 Å². The van der Waals surface area contributed by atoms with Crippen LogP contribution in [0.15, 0.2) is 64.1 Å². The van der Waals surface area contributed by atoms with Crippen LogP contribution in [0.5, 0.6) is 5.75 Å². The van der Waals surface area contributed by atoms with Crippen LogP contribution >= 0.6 is 11.6 Å². The molecule has 0 saturated heterocycles. The number of carbonyl (C=O) groups excluding carboxylic acids is 1. The molecule has 2 N–H and O–H groups in total. The number of benzene rings is 2. The molecule has 0 atom stereocenters. The zero-order chi connectivity index (χ0) is 20.1. The summed E-state index contributed by atoms with van der Waals surface area (Å²) in [4.78, 5) is 23.4. The van der Waals surface area contributed by atoms with E-state index in [1.165, 1.54) is 25.5 Å². The number of nitrogens with one attached hydrogen (secondary N) is 1. The number of aromatic carboxylic acids is 1. The number of halogens is 1. The lowest BCUT2D eigenvalue weighted by Crippen LogP contribution is -2.18. The van der Waals surface area contributed by atoms with Gasteiger partial charge in [0.1, 0.15) is 17.3 Å². The molecule has 0 saturated carbocycles. The maximum absolute atomic E-state index is 12.2. The fourth-order valence-electron chi connectivity index (χ4n) is 2.47. The molecule has 0 spiro atoms. The standard InChI is InChI=1S/C20H15ClN2O5/c1-27-18-5-3-2-4-14(18)19(24)23-22-11-13-7-9-17(28-13)12-6-8-16(21)15(10-12)20(25)26/h2-11H,1H3,(H,23,24)(H,25,26)/b22-11+. The third-order valence-electron chi connectivity index (χ3n) is 3.82. The molecule has 2 aromatic carbocycles. The highest BCUT2D eigenvalue weighted by Crippen LogP contribution is 2.26. The average molecular weight is 399 g/mol. The normalized spacial score (nSPS) is 10.8. The summed E-state index contributed by atoms with van der Waals surface area (Å²) in [5.74, 6) is -0.296. The summed E-state index contributed by atoms with van der Waals surface area (Å²) in [6, 6.07) is 14.6. The molecule has 0 aliphatic rings. The van der Waals surface area contributed by atoms with Crippen molar-refractivity contribution in [3.8, 4) is 17.1 Å². The highest BCUT2D eigenvalue weighted by atomic mass is 35.5. The van der Waals surface area contributed by atoms with E-state index in [0.717, 1.165) is 0 Å². The molecule has 28 heavy (non-hydrogen) atoms. The predicted octanol–water partition coefficient (Wildman–Crippen LogP) is 4.07. The number of furan rings is 1. The smallest absolute Gasteiger partial charge is 0.337 e. The number of hydrogen-bond donors (Lipinski definition) is 2. The van der Waals surface area contributed by atoms with Gasteiger partial charge in [-0.15, -0.1) is 0 Å². The highest BCUT2D eigenvalue weighted by molar-refractivity contribution is 6.33. The Hall–Kier alpha value is -3.58. The second-order valence-electron chi connectivity index (χ2n) is 5.60. The molecule has 1 amide bonds. The van der Waals surface area contributed by atoms with E-state index in [-0.39, 0.29) is 10.6 Å². The van der Waals surface area contributed by atoms with Gasteiger partial charge in [-0.05, 0) is 42.5 Å². The Labute approximate surface area is 165 Å². The van der Waals surface area contributed by atoms with Crippen LogP contribution in [0.2, 0.25) is 5.02 Å². The number of ether oxygens (including phenoxy) is 1. The van der Waals surface area contributed by atoms with Gasteiger partial charge in [0.05, 0.1) is 29.5 Å². The molecular weight excluding hydrogens is 384 g/mol. The lowest BCUT2D eigenvalue weighted by atomic mass is 10.1. The van der Waals surface area contributed by atoms with Gasteiger partial charge in [0.15, 0.2) is 0 Å². The molecule has 0 bridgehead atoms. The number of carbonyl (C=O) groups is 2. The van der Waals surface area contributed by atoms with Gasteiger partial charge in [-0.1, -0.05) is 23.7 Å². The average Bonchev–Trinajstić information content (AvgIpc) is 3.16. The highest BCUT2D eigenvalue weighted by Gasteiger charge is 2.13. The summed E-state index contributed by atoms with van der Waals surface area (Å²) in [6.45, 7) is 0. The number of hydrazone groups is 1. The van der Waals surface area contributed by atoms with Gasteiger partial charge in [-0.25, -0.2) is 10.2 Å². The van der Waals surface area contributed by atoms with Crippen molar-refractivity contribution < 1.29 is 23.8 Å². The zero-order valence-corrected chi connectivity index (χ0v) is 15.4. The van der Waals surface area contributed by atoms with Gasteiger partial charge < -0.3 is 14.3 Å². The molecule has 8 heteroatoms. The summed E-state index contributed by atoms with van der Waals surface area (Å²) in [5.41, 5.74) is 3.29. The lowest BCUT2D eigenvalue weighted by Gasteiger charge is -2.05. The number of nitrogens with zero attached hydrogens (tertiary/aromatic N) is 1. The maximum Gasteiger partial charge on any atom is 0.337 e. The summed E-state index contributed by atoms with van der Waals surface area (Å²) in [7, 11) is 1.48. The van der Waals surface area contributed by atoms with Gasteiger partial charge in [-0.3, -0.25) is 4.79 Å². The Morgan fingerprint density at radius 3 is 2.68 bits per heavy atom. The Kier molecular flexibility index (Phi) is 5.76. The minimum Gasteiger partial charge on any atom is -0.496 e. The van der Waals surface area contributed by atoms with Crippen LogP contribution in [0, 0.1) is 0 Å². The first-order chi connectivity index (χ1) is 13.5. The monoisotopic (exact) mass is 398 g/mol. The molecule has 1 heterocycles. The van der Waals surface area contributed by atoms with Crippen LogP contribution in [-0.2, 0) is 0 Å². The van der Waals surface area contributed by atoms with E-state index in [1.807, 2.05) is 0 Å². The summed E-state index contributed by atoms with van der Waals surface area (Å²) in [6.07, 6.45) is 1.34. The number of hydrogen-bond acceptors (Lipinski definition) is 5. The van der Waals surface area contributed by atoms with Gasteiger partial charge >= 0.3 is 5.97 Å². The largest absolute Gasteiger partial charge is 0.496 e. The minimum atomic E-state index is -1.13. The Balaban J connectivity index is 1.72. The molecule has 3 rings (SSSR count). The summed E-state index contributed by atoms with van der Waals surface area (Å²) >= 11 is 5.87. The van der Waals surface area contributed by atoms with Crippen LogP contribution < -0.4 is 10.2 Å². The Bertz CT molecular complexity index is 1060. The zero-order valence-electron chi connectivity index (χ0n) is 14.7. The molecule has 0 unspecified atom stereocenters.